The third-order valence-electron chi connectivity index (χ3n) is 4.69. The zero-order chi connectivity index (χ0) is 23.4. The number of ether oxygens (including phenoxy) is 2. The first-order chi connectivity index (χ1) is 16.0. The molecule has 2 aromatic carbocycles. The van der Waals surface area contributed by atoms with E-state index < -0.39 is 17.8 Å². The predicted octanol–water partition coefficient (Wildman–Crippen LogP) is 3.45. The Morgan fingerprint density at radius 1 is 1.12 bits per heavy atom. The summed E-state index contributed by atoms with van der Waals surface area (Å²) < 4.78 is 17.3. The summed E-state index contributed by atoms with van der Waals surface area (Å²) in [5, 5.41) is 3.83. The second-order valence-corrected chi connectivity index (χ2v) is 7.82. The average molecular weight is 465 g/mol. The molecule has 10 heteroatoms. The van der Waals surface area contributed by atoms with Crippen LogP contribution in [0, 0.1) is 0 Å². The van der Waals surface area contributed by atoms with Crippen molar-refractivity contribution in [3.8, 4) is 11.3 Å². The van der Waals surface area contributed by atoms with Crippen LogP contribution in [0.1, 0.15) is 27.8 Å². The van der Waals surface area contributed by atoms with Crippen molar-refractivity contribution in [2.75, 3.05) is 13.7 Å². The highest BCUT2D eigenvalue weighted by Gasteiger charge is 2.17. The monoisotopic (exact) mass is 465 g/mol. The number of nitrogens with zero attached hydrogens (tertiary/aromatic N) is 3. The van der Waals surface area contributed by atoms with Gasteiger partial charge in [0.15, 0.2) is 16.3 Å². The van der Waals surface area contributed by atoms with Gasteiger partial charge >= 0.3 is 17.8 Å². The SMILES string of the molecule is CCOC(=O)c1ccc2c(c1)sc(=NC(=O)c1cc(-c3ccccc3)on1)n2CC(=O)OC. The van der Waals surface area contributed by atoms with Crippen LogP contribution in [-0.2, 0) is 20.8 Å². The largest absolute Gasteiger partial charge is 0.468 e. The van der Waals surface area contributed by atoms with E-state index in [2.05, 4.69) is 10.1 Å². The molecule has 0 aliphatic rings. The fourth-order valence-corrected chi connectivity index (χ4v) is 4.17. The Balaban J connectivity index is 1.75. The molecule has 0 aliphatic carbocycles. The number of thiazole rings is 1. The average Bonchev–Trinajstić information content (AvgIpc) is 3.45. The summed E-state index contributed by atoms with van der Waals surface area (Å²) >= 11 is 1.15. The Hall–Kier alpha value is -4.05. The number of benzene rings is 2. The molecule has 0 fully saturated rings. The molecule has 2 aromatic heterocycles. The van der Waals surface area contributed by atoms with E-state index in [1.807, 2.05) is 30.3 Å². The number of hydrogen-bond acceptors (Lipinski definition) is 8. The summed E-state index contributed by atoms with van der Waals surface area (Å²) in [6.07, 6.45) is 0. The molecule has 9 nitrogen and oxygen atoms in total. The topological polar surface area (TPSA) is 113 Å². The summed E-state index contributed by atoms with van der Waals surface area (Å²) in [5.41, 5.74) is 1.79. The molecule has 4 rings (SSSR count). The third kappa shape index (κ3) is 4.75. The van der Waals surface area contributed by atoms with E-state index in [-0.39, 0.29) is 23.6 Å². The van der Waals surface area contributed by atoms with Gasteiger partial charge in [0, 0.05) is 11.6 Å². The normalized spacial score (nSPS) is 11.5. The Bertz CT molecular complexity index is 1400. The molecule has 33 heavy (non-hydrogen) atoms. The molecular formula is C23H19N3O6S. The quantitative estimate of drug-likeness (QED) is 0.401. The van der Waals surface area contributed by atoms with E-state index in [0.717, 1.165) is 16.9 Å². The molecule has 4 aromatic rings. The molecule has 0 spiro atoms. The molecule has 2 heterocycles. The standard InChI is InChI=1S/C23H19N3O6S/c1-3-31-22(29)15-9-10-17-19(11-15)33-23(26(17)13-20(27)30-2)24-21(28)16-12-18(32-25-16)14-7-5-4-6-8-14/h4-12H,3,13H2,1-2H3. The van der Waals surface area contributed by atoms with Gasteiger partial charge in [-0.25, -0.2) is 4.79 Å². The van der Waals surface area contributed by atoms with Crippen LogP contribution in [0.5, 0.6) is 0 Å². The number of aromatic nitrogens is 2. The minimum absolute atomic E-state index is 0.0307. The van der Waals surface area contributed by atoms with Gasteiger partial charge in [-0.2, -0.15) is 4.99 Å². The molecule has 0 saturated carbocycles. The number of methoxy groups -OCH3 is 1. The van der Waals surface area contributed by atoms with Gasteiger partial charge in [-0.1, -0.05) is 46.8 Å². The van der Waals surface area contributed by atoms with E-state index in [0.29, 0.717) is 21.5 Å². The van der Waals surface area contributed by atoms with Crippen molar-refractivity contribution in [1.82, 2.24) is 9.72 Å². The zero-order valence-corrected chi connectivity index (χ0v) is 18.6. The van der Waals surface area contributed by atoms with E-state index in [4.69, 9.17) is 14.0 Å². The van der Waals surface area contributed by atoms with Gasteiger partial charge < -0.3 is 18.6 Å². The number of fused-ring (bicyclic) bond motifs is 1. The van der Waals surface area contributed by atoms with Gasteiger partial charge in [0.2, 0.25) is 0 Å². The van der Waals surface area contributed by atoms with Crippen LogP contribution in [0.3, 0.4) is 0 Å². The molecule has 0 N–H and O–H groups in total. The number of rotatable bonds is 6. The number of hydrogen-bond donors (Lipinski definition) is 0. The van der Waals surface area contributed by atoms with Gasteiger partial charge in [0.1, 0.15) is 6.54 Å². The van der Waals surface area contributed by atoms with E-state index in [9.17, 15) is 14.4 Å². The lowest BCUT2D eigenvalue weighted by Gasteiger charge is -2.04. The number of carbonyl (C=O) groups is 3. The van der Waals surface area contributed by atoms with Crippen molar-refractivity contribution >= 4 is 39.4 Å². The van der Waals surface area contributed by atoms with Gasteiger partial charge in [0.05, 0.1) is 29.5 Å². The molecule has 0 unspecified atom stereocenters. The third-order valence-corrected chi connectivity index (χ3v) is 5.73. The number of esters is 2. The van der Waals surface area contributed by atoms with Crippen LogP contribution in [-0.4, -0.2) is 41.3 Å². The maximum atomic E-state index is 12.8. The first-order valence-electron chi connectivity index (χ1n) is 9.98. The van der Waals surface area contributed by atoms with Crippen molar-refractivity contribution in [1.29, 1.82) is 0 Å². The maximum Gasteiger partial charge on any atom is 0.338 e. The minimum Gasteiger partial charge on any atom is -0.468 e. The van der Waals surface area contributed by atoms with Gasteiger partial charge in [0.25, 0.3) is 0 Å². The second kappa shape index (κ2) is 9.61. The van der Waals surface area contributed by atoms with Crippen LogP contribution < -0.4 is 4.80 Å². The molecule has 168 valence electrons. The molecule has 0 bridgehead atoms. The lowest BCUT2D eigenvalue weighted by Crippen LogP contribution is -2.22. The van der Waals surface area contributed by atoms with Crippen molar-refractivity contribution in [2.45, 2.75) is 13.5 Å². The summed E-state index contributed by atoms with van der Waals surface area (Å²) in [7, 11) is 1.28. The molecule has 0 aliphatic heterocycles. The van der Waals surface area contributed by atoms with Crippen LogP contribution >= 0.6 is 11.3 Å². The minimum atomic E-state index is -0.628. The predicted molar refractivity (Wildman–Crippen MR) is 120 cm³/mol. The lowest BCUT2D eigenvalue weighted by atomic mass is 10.1. The summed E-state index contributed by atoms with van der Waals surface area (Å²) in [6.45, 7) is 1.82. The first kappa shape index (κ1) is 22.2. The molecule has 1 amide bonds. The van der Waals surface area contributed by atoms with E-state index in [1.165, 1.54) is 13.2 Å². The summed E-state index contributed by atoms with van der Waals surface area (Å²) in [5.74, 6) is -1.16. The van der Waals surface area contributed by atoms with E-state index >= 15 is 0 Å². The Morgan fingerprint density at radius 2 is 1.91 bits per heavy atom. The summed E-state index contributed by atoms with van der Waals surface area (Å²) in [4.78, 5) is 41.3. The van der Waals surface area contributed by atoms with Gasteiger partial charge in [-0.3, -0.25) is 9.59 Å². The van der Waals surface area contributed by atoms with Crippen molar-refractivity contribution in [3.05, 3.63) is 70.7 Å². The first-order valence-corrected chi connectivity index (χ1v) is 10.8. The Labute approximate surface area is 191 Å². The fraction of sp³-hybridized carbons (Fsp3) is 0.174. The van der Waals surface area contributed by atoms with E-state index in [1.54, 1.807) is 29.7 Å². The zero-order valence-electron chi connectivity index (χ0n) is 17.8. The Kier molecular flexibility index (Phi) is 6.45. The Morgan fingerprint density at radius 3 is 2.64 bits per heavy atom. The van der Waals surface area contributed by atoms with Crippen molar-refractivity contribution in [2.24, 2.45) is 4.99 Å². The second-order valence-electron chi connectivity index (χ2n) is 6.81. The van der Waals surface area contributed by atoms with Crippen LogP contribution in [0.15, 0.2) is 64.1 Å². The number of carbonyl (C=O) groups excluding carboxylic acids is 3. The molecular weight excluding hydrogens is 446 g/mol. The summed E-state index contributed by atoms with van der Waals surface area (Å²) in [6, 6.07) is 15.7. The van der Waals surface area contributed by atoms with Crippen LogP contribution in [0.25, 0.3) is 21.5 Å². The highest BCUT2D eigenvalue weighted by Crippen LogP contribution is 2.22. The smallest absolute Gasteiger partial charge is 0.338 e. The molecule has 0 saturated heterocycles. The fourth-order valence-electron chi connectivity index (χ4n) is 3.10. The van der Waals surface area contributed by atoms with Crippen LogP contribution in [0.4, 0.5) is 0 Å². The molecule has 0 radical (unpaired) electrons. The van der Waals surface area contributed by atoms with Crippen molar-refractivity contribution in [3.63, 3.8) is 0 Å². The number of amides is 1. The lowest BCUT2D eigenvalue weighted by molar-refractivity contribution is -0.141. The van der Waals surface area contributed by atoms with Crippen LogP contribution in [0.2, 0.25) is 0 Å². The molecule has 0 atom stereocenters. The van der Waals surface area contributed by atoms with Gasteiger partial charge in [-0.05, 0) is 25.1 Å². The highest BCUT2D eigenvalue weighted by molar-refractivity contribution is 7.16. The van der Waals surface area contributed by atoms with Crippen molar-refractivity contribution < 1.29 is 28.4 Å². The van der Waals surface area contributed by atoms with Gasteiger partial charge in [-0.15, -0.1) is 0 Å². The maximum absolute atomic E-state index is 12.8. The highest BCUT2D eigenvalue weighted by atomic mass is 32.1.